The molecule has 2 nitrogen and oxygen atoms in total. The number of para-hydroxylation sites is 1. The second kappa shape index (κ2) is 16.5. The minimum atomic E-state index is 0.866. The van der Waals surface area contributed by atoms with Gasteiger partial charge in [0.2, 0.25) is 0 Å². The number of anilines is 1. The van der Waals surface area contributed by atoms with Gasteiger partial charge in [-0.2, -0.15) is 0 Å². The van der Waals surface area contributed by atoms with Gasteiger partial charge in [-0.05, 0) is 119 Å². The predicted molar refractivity (Wildman–Crippen MR) is 204 cm³/mol. The van der Waals surface area contributed by atoms with Crippen molar-refractivity contribution in [1.29, 1.82) is 0 Å². The predicted octanol–water partition coefficient (Wildman–Crippen LogP) is 12.5. The van der Waals surface area contributed by atoms with Crippen molar-refractivity contribution in [3.05, 3.63) is 179 Å². The molecule has 0 fully saturated rings. The van der Waals surface area contributed by atoms with Crippen LogP contribution in [0.25, 0.3) is 17.8 Å². The fourth-order valence-electron chi connectivity index (χ4n) is 6.04. The van der Waals surface area contributed by atoms with Crippen molar-refractivity contribution in [3.63, 3.8) is 0 Å². The summed E-state index contributed by atoms with van der Waals surface area (Å²) in [6.45, 7) is 21.1. The average molecular weight is 607 g/mol. The highest BCUT2D eigenvalue weighted by Gasteiger charge is 2.19. The summed E-state index contributed by atoms with van der Waals surface area (Å²) in [6.07, 6.45) is 38.2. The van der Waals surface area contributed by atoms with E-state index in [1.165, 1.54) is 67.6 Å². The first-order chi connectivity index (χ1) is 22.3. The van der Waals surface area contributed by atoms with Gasteiger partial charge in [0.25, 0.3) is 0 Å². The van der Waals surface area contributed by atoms with Gasteiger partial charge in [-0.3, -0.25) is 0 Å². The van der Waals surface area contributed by atoms with Crippen LogP contribution in [0, 0.1) is 20.8 Å². The van der Waals surface area contributed by atoms with Gasteiger partial charge in [-0.1, -0.05) is 110 Å². The first kappa shape index (κ1) is 34.1. The molecule has 0 amide bonds. The number of hydrogen-bond acceptors (Lipinski definition) is 1. The van der Waals surface area contributed by atoms with Gasteiger partial charge in [0.05, 0.1) is 0 Å². The molecule has 0 bridgehead atoms. The van der Waals surface area contributed by atoms with Crippen molar-refractivity contribution in [2.75, 3.05) is 4.90 Å². The van der Waals surface area contributed by atoms with Crippen molar-refractivity contribution in [1.82, 2.24) is 4.57 Å². The fourth-order valence-corrected chi connectivity index (χ4v) is 6.04. The SMILES string of the molecule is C=C/C=C\c1c(C)c(C)c(/C=C\C=C)n1C1=C(C)C/C=C(C/C(C)=C/C=C(\C)N(C2=CCC=CC=C2)c2ccccc2C)\C=C/C1. The van der Waals surface area contributed by atoms with E-state index in [0.29, 0.717) is 0 Å². The molecule has 1 aromatic carbocycles. The van der Waals surface area contributed by atoms with Crippen LogP contribution < -0.4 is 4.90 Å². The Morgan fingerprint density at radius 3 is 2.20 bits per heavy atom. The lowest BCUT2D eigenvalue weighted by Crippen LogP contribution is -2.20. The maximum atomic E-state index is 3.90. The summed E-state index contributed by atoms with van der Waals surface area (Å²) < 4.78 is 2.43. The van der Waals surface area contributed by atoms with Crippen molar-refractivity contribution in [2.45, 2.75) is 67.2 Å². The number of rotatable bonds is 11. The molecule has 46 heavy (non-hydrogen) atoms. The molecular weight excluding hydrogens is 556 g/mol. The van der Waals surface area contributed by atoms with Crippen LogP contribution in [0.4, 0.5) is 5.69 Å². The third-order valence-corrected chi connectivity index (χ3v) is 8.71. The van der Waals surface area contributed by atoms with E-state index in [1.807, 2.05) is 24.3 Å². The van der Waals surface area contributed by atoms with Crippen LogP contribution in [-0.4, -0.2) is 4.57 Å². The van der Waals surface area contributed by atoms with E-state index < -0.39 is 0 Å². The lowest BCUT2D eigenvalue weighted by Gasteiger charge is -2.28. The normalized spacial score (nSPS) is 17.9. The molecule has 2 heteroatoms. The molecule has 0 unspecified atom stereocenters. The summed E-state index contributed by atoms with van der Waals surface area (Å²) >= 11 is 0. The lowest BCUT2D eigenvalue weighted by atomic mass is 9.98. The number of benzene rings is 1. The molecule has 0 spiro atoms. The Labute approximate surface area is 278 Å². The lowest BCUT2D eigenvalue weighted by molar-refractivity contribution is 0.974. The third kappa shape index (κ3) is 8.25. The molecule has 2 aliphatic rings. The Morgan fingerprint density at radius 2 is 1.52 bits per heavy atom. The topological polar surface area (TPSA) is 8.17 Å². The zero-order valence-electron chi connectivity index (χ0n) is 28.7. The molecule has 2 aliphatic carbocycles. The van der Waals surface area contributed by atoms with E-state index >= 15 is 0 Å². The Kier molecular flexibility index (Phi) is 12.2. The number of allylic oxidation sites excluding steroid dienone is 19. The van der Waals surface area contributed by atoms with Crippen LogP contribution in [0.2, 0.25) is 0 Å². The minimum absolute atomic E-state index is 0.866. The van der Waals surface area contributed by atoms with Crippen LogP contribution in [0.1, 0.15) is 74.5 Å². The number of nitrogens with zero attached hydrogens (tertiary/aromatic N) is 2. The van der Waals surface area contributed by atoms with E-state index in [1.54, 1.807) is 0 Å². The Bertz CT molecular complexity index is 1720. The monoisotopic (exact) mass is 606 g/mol. The molecule has 0 saturated carbocycles. The molecular formula is C44H50N2. The molecule has 0 atom stereocenters. The Morgan fingerprint density at radius 1 is 0.826 bits per heavy atom. The van der Waals surface area contributed by atoms with Gasteiger partial charge in [-0.25, -0.2) is 0 Å². The molecule has 0 saturated heterocycles. The number of hydrogen-bond donors (Lipinski definition) is 0. The summed E-state index contributed by atoms with van der Waals surface area (Å²) in [5, 5.41) is 0. The van der Waals surface area contributed by atoms with E-state index in [2.05, 4.69) is 161 Å². The van der Waals surface area contributed by atoms with Crippen LogP contribution >= 0.6 is 0 Å². The van der Waals surface area contributed by atoms with E-state index in [0.717, 1.165) is 25.7 Å². The summed E-state index contributed by atoms with van der Waals surface area (Å²) in [6, 6.07) is 8.61. The van der Waals surface area contributed by atoms with Crippen molar-refractivity contribution >= 4 is 23.5 Å². The first-order valence-corrected chi connectivity index (χ1v) is 16.3. The molecule has 0 N–H and O–H groups in total. The molecule has 4 rings (SSSR count). The van der Waals surface area contributed by atoms with Gasteiger partial charge >= 0.3 is 0 Å². The number of aromatic nitrogens is 1. The van der Waals surface area contributed by atoms with Crippen LogP contribution in [0.15, 0.2) is 151 Å². The van der Waals surface area contributed by atoms with Crippen molar-refractivity contribution in [3.8, 4) is 0 Å². The van der Waals surface area contributed by atoms with Crippen LogP contribution in [-0.2, 0) is 0 Å². The molecule has 0 radical (unpaired) electrons. The highest BCUT2D eigenvalue weighted by Crippen LogP contribution is 2.34. The molecule has 2 aromatic rings. The molecule has 0 aliphatic heterocycles. The maximum absolute atomic E-state index is 3.90. The summed E-state index contributed by atoms with van der Waals surface area (Å²) in [5.41, 5.74) is 15.2. The quantitative estimate of drug-likeness (QED) is 0.231. The van der Waals surface area contributed by atoms with E-state index in [9.17, 15) is 0 Å². The fraction of sp³-hybridized carbons (Fsp3) is 0.227. The summed E-state index contributed by atoms with van der Waals surface area (Å²) in [5.74, 6) is 0. The zero-order chi connectivity index (χ0) is 33.1. The van der Waals surface area contributed by atoms with E-state index in [-0.39, 0.29) is 0 Å². The molecule has 1 aromatic heterocycles. The third-order valence-electron chi connectivity index (χ3n) is 8.71. The van der Waals surface area contributed by atoms with Gasteiger partial charge in [0, 0.05) is 40.6 Å². The Hall–Kier alpha value is -4.82. The highest BCUT2D eigenvalue weighted by molar-refractivity contribution is 5.72. The van der Waals surface area contributed by atoms with Crippen LogP contribution in [0.3, 0.4) is 0 Å². The second-order valence-electron chi connectivity index (χ2n) is 12.1. The van der Waals surface area contributed by atoms with Gasteiger partial charge < -0.3 is 9.47 Å². The Balaban J connectivity index is 1.61. The van der Waals surface area contributed by atoms with Gasteiger partial charge in [0.15, 0.2) is 0 Å². The zero-order valence-corrected chi connectivity index (χ0v) is 28.7. The van der Waals surface area contributed by atoms with Gasteiger partial charge in [-0.15, -0.1) is 0 Å². The highest BCUT2D eigenvalue weighted by atomic mass is 15.2. The standard InChI is InChI=1S/C44H50N2/c1-9-11-24-43-37(7)38(8)44(25-12-10-2)46(43)42-27-19-21-39(31-29-35(42)5)32-33(3)28-30-36(6)45(40-22-15-13-14-16-23-40)41-26-18-17-20-34(41)4/h9-15,17-26,28,30-31H,1-2,16,27,29,32H2,3-8H3/b21-19-,24-11-,25-12-,33-28+,36-30+,39-31+,42-35?. The smallest absolute Gasteiger partial charge is 0.0491 e. The second-order valence-corrected chi connectivity index (χ2v) is 12.1. The summed E-state index contributed by atoms with van der Waals surface area (Å²) in [7, 11) is 0. The minimum Gasteiger partial charge on any atom is -0.315 e. The van der Waals surface area contributed by atoms with Gasteiger partial charge in [0.1, 0.15) is 0 Å². The van der Waals surface area contributed by atoms with Crippen molar-refractivity contribution < 1.29 is 0 Å². The maximum Gasteiger partial charge on any atom is 0.0491 e. The van der Waals surface area contributed by atoms with Crippen molar-refractivity contribution in [2.24, 2.45) is 0 Å². The average Bonchev–Trinajstić information content (AvgIpc) is 3.20. The first-order valence-electron chi connectivity index (χ1n) is 16.3. The summed E-state index contributed by atoms with van der Waals surface area (Å²) in [4.78, 5) is 2.37. The molecule has 1 heterocycles. The van der Waals surface area contributed by atoms with E-state index in [4.69, 9.17) is 0 Å². The largest absolute Gasteiger partial charge is 0.315 e. The molecule has 236 valence electrons. The van der Waals surface area contributed by atoms with Crippen LogP contribution in [0.5, 0.6) is 0 Å². The number of aryl methyl sites for hydroxylation is 1.